The molecule has 0 saturated carbocycles. The third-order valence-electron chi connectivity index (χ3n) is 5.17. The van der Waals surface area contributed by atoms with Crippen LogP contribution in [-0.2, 0) is 4.79 Å². The first-order chi connectivity index (χ1) is 13.6. The smallest absolute Gasteiger partial charge is 0.223 e. The molecule has 0 radical (unpaired) electrons. The van der Waals surface area contributed by atoms with Crippen LogP contribution in [0.3, 0.4) is 0 Å². The molecule has 1 atom stereocenters. The highest BCUT2D eigenvalue weighted by Crippen LogP contribution is 2.38. The predicted molar refractivity (Wildman–Crippen MR) is 108 cm³/mol. The fourth-order valence-electron chi connectivity index (χ4n) is 3.66. The van der Waals surface area contributed by atoms with E-state index in [1.165, 1.54) is 0 Å². The van der Waals surface area contributed by atoms with E-state index in [-0.39, 0.29) is 17.6 Å². The molecule has 144 valence electrons. The summed E-state index contributed by atoms with van der Waals surface area (Å²) in [6.07, 6.45) is 6.54. The Morgan fingerprint density at radius 2 is 2.04 bits per heavy atom. The second kappa shape index (κ2) is 8.12. The fourth-order valence-corrected chi connectivity index (χ4v) is 3.93. The maximum absolute atomic E-state index is 12.9. The predicted octanol–water partition coefficient (Wildman–Crippen LogP) is 3.19. The largest absolute Gasteiger partial charge is 0.505 e. The highest BCUT2D eigenvalue weighted by atomic mass is 35.5. The summed E-state index contributed by atoms with van der Waals surface area (Å²) in [5, 5.41) is 18.4. The van der Waals surface area contributed by atoms with Crippen LogP contribution in [0.2, 0.25) is 5.02 Å². The molecule has 6 nitrogen and oxygen atoms in total. The molecule has 0 bridgehead atoms. The molecule has 1 saturated heterocycles. The first-order valence-electron chi connectivity index (χ1n) is 9.32. The number of aromatic nitrogens is 2. The van der Waals surface area contributed by atoms with Crippen LogP contribution < -0.4 is 10.6 Å². The van der Waals surface area contributed by atoms with Gasteiger partial charge in [0, 0.05) is 35.5 Å². The standard InChI is InChI=1S/C21H21ClN4O2/c22-17-11-16(20(27)19-15(17)4-2-8-25-19)18(14-3-1-7-24-12-14)26-21(28)13-5-9-23-10-6-13/h1-4,7-8,11-13,18,23,27H,5-6,9-10H2,(H,26,28). The normalized spacial score (nSPS) is 16.0. The van der Waals surface area contributed by atoms with Crippen LogP contribution in [-0.4, -0.2) is 34.1 Å². The molecule has 7 heteroatoms. The molecule has 28 heavy (non-hydrogen) atoms. The summed E-state index contributed by atoms with van der Waals surface area (Å²) in [4.78, 5) is 21.4. The fraction of sp³-hybridized carbons (Fsp3) is 0.286. The van der Waals surface area contributed by atoms with E-state index in [1.807, 2.05) is 6.07 Å². The SMILES string of the molecule is O=C(NC(c1cccnc1)c1cc(Cl)c2cccnc2c1O)C1CCNCC1. The molecule has 0 aliphatic carbocycles. The van der Waals surface area contributed by atoms with E-state index in [9.17, 15) is 9.90 Å². The zero-order valence-corrected chi connectivity index (χ0v) is 16.0. The average molecular weight is 397 g/mol. The second-order valence-electron chi connectivity index (χ2n) is 6.95. The number of carbonyl (C=O) groups excluding carboxylic acids is 1. The zero-order chi connectivity index (χ0) is 19.5. The molecule has 4 rings (SSSR count). The number of hydrogen-bond donors (Lipinski definition) is 3. The topological polar surface area (TPSA) is 87.1 Å². The Kier molecular flexibility index (Phi) is 5.41. The lowest BCUT2D eigenvalue weighted by molar-refractivity contribution is -0.126. The quantitative estimate of drug-likeness (QED) is 0.630. The van der Waals surface area contributed by atoms with Gasteiger partial charge in [0.15, 0.2) is 0 Å². The van der Waals surface area contributed by atoms with Crippen molar-refractivity contribution in [2.24, 2.45) is 5.92 Å². The van der Waals surface area contributed by atoms with Crippen molar-refractivity contribution in [1.82, 2.24) is 20.6 Å². The average Bonchev–Trinajstić information content (AvgIpc) is 2.76. The van der Waals surface area contributed by atoms with Gasteiger partial charge in [-0.1, -0.05) is 17.7 Å². The Labute approximate surface area is 168 Å². The number of benzene rings is 1. The van der Waals surface area contributed by atoms with E-state index >= 15 is 0 Å². The summed E-state index contributed by atoms with van der Waals surface area (Å²) in [5.41, 5.74) is 1.69. The Morgan fingerprint density at radius 1 is 1.25 bits per heavy atom. The lowest BCUT2D eigenvalue weighted by Crippen LogP contribution is -2.40. The number of amides is 1. The molecule has 1 amide bonds. The van der Waals surface area contributed by atoms with Crippen molar-refractivity contribution in [3.63, 3.8) is 0 Å². The van der Waals surface area contributed by atoms with Gasteiger partial charge in [0.2, 0.25) is 5.91 Å². The van der Waals surface area contributed by atoms with E-state index in [1.54, 1.807) is 42.9 Å². The number of aromatic hydroxyl groups is 1. The number of phenolic OH excluding ortho intramolecular Hbond substituents is 1. The molecule has 1 aromatic carbocycles. The Morgan fingerprint density at radius 3 is 2.79 bits per heavy atom. The molecule has 3 aromatic rings. The van der Waals surface area contributed by atoms with Gasteiger partial charge in [0.25, 0.3) is 0 Å². The van der Waals surface area contributed by atoms with E-state index in [0.29, 0.717) is 21.5 Å². The molecular weight excluding hydrogens is 376 g/mol. The number of rotatable bonds is 4. The minimum atomic E-state index is -0.569. The maximum Gasteiger partial charge on any atom is 0.223 e. The highest BCUT2D eigenvalue weighted by molar-refractivity contribution is 6.35. The third kappa shape index (κ3) is 3.66. The van der Waals surface area contributed by atoms with Gasteiger partial charge in [-0.25, -0.2) is 0 Å². The number of pyridine rings is 2. The van der Waals surface area contributed by atoms with Crippen LogP contribution in [0.5, 0.6) is 5.75 Å². The van der Waals surface area contributed by atoms with Gasteiger partial charge in [0.05, 0.1) is 11.1 Å². The van der Waals surface area contributed by atoms with Crippen molar-refractivity contribution in [2.75, 3.05) is 13.1 Å². The second-order valence-corrected chi connectivity index (χ2v) is 7.36. The first kappa shape index (κ1) is 18.7. The van der Waals surface area contributed by atoms with Crippen LogP contribution >= 0.6 is 11.6 Å². The number of fused-ring (bicyclic) bond motifs is 1. The summed E-state index contributed by atoms with van der Waals surface area (Å²) in [6, 6.07) is 8.38. The maximum atomic E-state index is 12.9. The molecule has 3 heterocycles. The van der Waals surface area contributed by atoms with E-state index in [0.717, 1.165) is 31.5 Å². The monoisotopic (exact) mass is 396 g/mol. The van der Waals surface area contributed by atoms with Gasteiger partial charge in [-0.15, -0.1) is 0 Å². The molecular formula is C21H21ClN4O2. The van der Waals surface area contributed by atoms with E-state index < -0.39 is 6.04 Å². The number of phenols is 1. The molecule has 2 aromatic heterocycles. The minimum Gasteiger partial charge on any atom is -0.505 e. The van der Waals surface area contributed by atoms with Gasteiger partial charge in [-0.3, -0.25) is 14.8 Å². The van der Waals surface area contributed by atoms with E-state index in [2.05, 4.69) is 20.6 Å². The van der Waals surface area contributed by atoms with Gasteiger partial charge >= 0.3 is 0 Å². The number of hydrogen-bond acceptors (Lipinski definition) is 5. The van der Waals surface area contributed by atoms with Crippen molar-refractivity contribution in [1.29, 1.82) is 0 Å². The van der Waals surface area contributed by atoms with Crippen LogP contribution in [0, 0.1) is 5.92 Å². The van der Waals surface area contributed by atoms with Gasteiger partial charge in [-0.2, -0.15) is 0 Å². The zero-order valence-electron chi connectivity index (χ0n) is 15.2. The molecule has 1 fully saturated rings. The van der Waals surface area contributed by atoms with Crippen molar-refractivity contribution in [3.05, 3.63) is 65.1 Å². The Bertz CT molecular complexity index is 990. The number of carbonyl (C=O) groups is 1. The lowest BCUT2D eigenvalue weighted by atomic mass is 9.93. The first-order valence-corrected chi connectivity index (χ1v) is 9.70. The molecule has 3 N–H and O–H groups in total. The van der Waals surface area contributed by atoms with Gasteiger partial charge < -0.3 is 15.7 Å². The molecule has 0 spiro atoms. The summed E-state index contributed by atoms with van der Waals surface area (Å²) < 4.78 is 0. The molecule has 1 aliphatic heterocycles. The van der Waals surface area contributed by atoms with Crippen molar-refractivity contribution in [2.45, 2.75) is 18.9 Å². The van der Waals surface area contributed by atoms with E-state index in [4.69, 9.17) is 11.6 Å². The highest BCUT2D eigenvalue weighted by Gasteiger charge is 2.27. The van der Waals surface area contributed by atoms with Crippen molar-refractivity contribution < 1.29 is 9.90 Å². The van der Waals surface area contributed by atoms with Crippen LogP contribution in [0.15, 0.2) is 48.9 Å². The van der Waals surface area contributed by atoms with Crippen molar-refractivity contribution >= 4 is 28.4 Å². The van der Waals surface area contributed by atoms with Crippen LogP contribution in [0.1, 0.15) is 30.0 Å². The number of halogens is 1. The molecule has 1 aliphatic rings. The summed E-state index contributed by atoms with van der Waals surface area (Å²) in [7, 11) is 0. The summed E-state index contributed by atoms with van der Waals surface area (Å²) in [6.45, 7) is 1.65. The lowest BCUT2D eigenvalue weighted by Gasteiger charge is -2.26. The Balaban J connectivity index is 1.77. The summed E-state index contributed by atoms with van der Waals surface area (Å²) >= 11 is 6.46. The number of nitrogens with one attached hydrogen (secondary N) is 2. The minimum absolute atomic E-state index is 0.0134. The third-order valence-corrected chi connectivity index (χ3v) is 5.48. The van der Waals surface area contributed by atoms with Crippen molar-refractivity contribution in [3.8, 4) is 5.75 Å². The Hall–Kier alpha value is -2.70. The van der Waals surface area contributed by atoms with Gasteiger partial charge in [0.1, 0.15) is 11.3 Å². The number of nitrogens with zero attached hydrogens (tertiary/aromatic N) is 2. The van der Waals surface area contributed by atoms with Crippen LogP contribution in [0.4, 0.5) is 0 Å². The summed E-state index contributed by atoms with van der Waals surface area (Å²) in [5.74, 6) is -0.0805. The van der Waals surface area contributed by atoms with Crippen LogP contribution in [0.25, 0.3) is 10.9 Å². The van der Waals surface area contributed by atoms with Gasteiger partial charge in [-0.05, 0) is 55.8 Å². The number of piperidine rings is 1. The molecule has 1 unspecified atom stereocenters.